The highest BCUT2D eigenvalue weighted by atomic mass is 35.5. The summed E-state index contributed by atoms with van der Waals surface area (Å²) < 4.78 is 22.3. The van der Waals surface area contributed by atoms with E-state index in [4.69, 9.17) is 0 Å². The van der Waals surface area contributed by atoms with Gasteiger partial charge in [0, 0.05) is 12.8 Å². The van der Waals surface area contributed by atoms with Crippen molar-refractivity contribution in [3.63, 3.8) is 0 Å². The monoisotopic (exact) mass is 256 g/mol. The number of nitrogens with zero attached hydrogens (tertiary/aromatic N) is 1. The zero-order chi connectivity index (χ0) is 9.90. The van der Waals surface area contributed by atoms with Crippen LogP contribution in [-0.4, -0.2) is 26.2 Å². The highest BCUT2D eigenvalue weighted by Gasteiger charge is 2.11. The van der Waals surface area contributed by atoms with Gasteiger partial charge in [-0.15, -0.1) is 12.4 Å². The summed E-state index contributed by atoms with van der Waals surface area (Å²) in [5, 5.41) is 3.89. The molecule has 1 heterocycles. The van der Waals surface area contributed by atoms with E-state index in [0.717, 1.165) is 24.2 Å². The summed E-state index contributed by atoms with van der Waals surface area (Å²) in [5.41, 5.74) is 0. The first-order valence-electron chi connectivity index (χ1n) is 3.94. The van der Waals surface area contributed by atoms with Crippen molar-refractivity contribution in [1.82, 2.24) is 4.98 Å². The Morgan fingerprint density at radius 3 is 2.64 bits per heavy atom. The van der Waals surface area contributed by atoms with Crippen LogP contribution in [0.1, 0.15) is 13.3 Å². The van der Waals surface area contributed by atoms with Gasteiger partial charge in [0.1, 0.15) is 5.00 Å². The van der Waals surface area contributed by atoms with Gasteiger partial charge in [-0.05, 0) is 6.42 Å². The summed E-state index contributed by atoms with van der Waals surface area (Å²) in [6, 6.07) is 0. The molecule has 0 bridgehead atoms. The lowest BCUT2D eigenvalue weighted by atomic mass is 10.5. The maximum atomic E-state index is 11.0. The van der Waals surface area contributed by atoms with E-state index in [9.17, 15) is 8.42 Å². The van der Waals surface area contributed by atoms with Gasteiger partial charge in [-0.1, -0.05) is 18.3 Å². The minimum absolute atomic E-state index is 0. The molecule has 0 spiro atoms. The molecule has 0 aliphatic rings. The predicted molar refractivity (Wildman–Crippen MR) is 61.3 cm³/mol. The molecule has 0 aliphatic carbocycles. The Morgan fingerprint density at radius 1 is 1.57 bits per heavy atom. The first-order chi connectivity index (χ1) is 6.04. The zero-order valence-corrected chi connectivity index (χ0v) is 10.4. The molecular weight excluding hydrogens is 244 g/mol. The van der Waals surface area contributed by atoms with Crippen molar-refractivity contribution < 1.29 is 8.42 Å². The largest absolute Gasteiger partial charge is 0.376 e. The minimum atomic E-state index is -3.14. The minimum Gasteiger partial charge on any atom is -0.376 e. The molecule has 0 atom stereocenters. The van der Waals surface area contributed by atoms with Crippen molar-refractivity contribution in [1.29, 1.82) is 0 Å². The second-order valence-electron chi connectivity index (χ2n) is 2.69. The number of aromatic nitrogens is 1. The molecule has 82 valence electrons. The quantitative estimate of drug-likeness (QED) is 0.892. The second kappa shape index (κ2) is 5.53. The van der Waals surface area contributed by atoms with Crippen molar-refractivity contribution in [3.8, 4) is 0 Å². The van der Waals surface area contributed by atoms with Gasteiger partial charge in [0.2, 0.25) is 14.2 Å². The van der Waals surface area contributed by atoms with Crippen molar-refractivity contribution >= 4 is 38.6 Å². The number of thiazole rings is 1. The van der Waals surface area contributed by atoms with Crippen LogP contribution in [-0.2, 0) is 9.84 Å². The third-order valence-corrected chi connectivity index (χ3v) is 4.00. The van der Waals surface area contributed by atoms with Crippen LogP contribution in [0.2, 0.25) is 0 Å². The molecule has 0 aliphatic heterocycles. The number of sulfone groups is 1. The van der Waals surface area contributed by atoms with Crippen LogP contribution in [0.25, 0.3) is 0 Å². The normalized spacial score (nSPS) is 10.7. The standard InChI is InChI=1S/C7H12N2O2S2.ClH/c1-3-4-8-6-5-9-7(12-6)13(2,10)11;/h5,8H,3-4H2,1-2H3;1H. The number of rotatable bonds is 4. The molecule has 0 amide bonds. The number of anilines is 1. The van der Waals surface area contributed by atoms with Crippen LogP contribution in [0, 0.1) is 0 Å². The summed E-state index contributed by atoms with van der Waals surface area (Å²) in [4.78, 5) is 3.81. The highest BCUT2D eigenvalue weighted by Crippen LogP contribution is 2.22. The average molecular weight is 257 g/mol. The lowest BCUT2D eigenvalue weighted by molar-refractivity contribution is 0.601. The van der Waals surface area contributed by atoms with E-state index in [1.54, 1.807) is 6.20 Å². The topological polar surface area (TPSA) is 59.1 Å². The fourth-order valence-electron chi connectivity index (χ4n) is 0.759. The number of nitrogens with one attached hydrogen (secondary N) is 1. The Balaban J connectivity index is 0.00000169. The number of hydrogen-bond donors (Lipinski definition) is 1. The molecule has 0 saturated heterocycles. The summed E-state index contributed by atoms with van der Waals surface area (Å²) >= 11 is 1.17. The van der Waals surface area contributed by atoms with Crippen LogP contribution >= 0.6 is 23.7 Å². The van der Waals surface area contributed by atoms with E-state index in [1.165, 1.54) is 11.3 Å². The van der Waals surface area contributed by atoms with Gasteiger partial charge in [-0.25, -0.2) is 13.4 Å². The molecule has 0 fully saturated rings. The van der Waals surface area contributed by atoms with Crippen molar-refractivity contribution in [2.75, 3.05) is 18.1 Å². The molecular formula is C7H13ClN2O2S2. The Labute approximate surface area is 94.1 Å². The van der Waals surface area contributed by atoms with Crippen LogP contribution in [0.5, 0.6) is 0 Å². The molecule has 0 saturated carbocycles. The summed E-state index contributed by atoms with van der Waals surface area (Å²) in [6.07, 6.45) is 3.72. The molecule has 1 aromatic rings. The Morgan fingerprint density at radius 2 is 2.21 bits per heavy atom. The molecule has 1 N–H and O–H groups in total. The average Bonchev–Trinajstić information content (AvgIpc) is 2.47. The van der Waals surface area contributed by atoms with Gasteiger partial charge in [0.25, 0.3) is 0 Å². The van der Waals surface area contributed by atoms with Crippen LogP contribution in [0.15, 0.2) is 10.5 Å². The maximum absolute atomic E-state index is 11.0. The van der Waals surface area contributed by atoms with Gasteiger partial charge < -0.3 is 5.32 Å². The zero-order valence-electron chi connectivity index (χ0n) is 7.98. The lowest BCUT2D eigenvalue weighted by Crippen LogP contribution is -1.96. The molecule has 1 aromatic heterocycles. The molecule has 14 heavy (non-hydrogen) atoms. The van der Waals surface area contributed by atoms with E-state index in [1.807, 2.05) is 6.92 Å². The van der Waals surface area contributed by atoms with Gasteiger partial charge in [0.05, 0.1) is 6.20 Å². The van der Waals surface area contributed by atoms with E-state index in [0.29, 0.717) is 0 Å². The van der Waals surface area contributed by atoms with Crippen LogP contribution < -0.4 is 5.32 Å². The van der Waals surface area contributed by atoms with Crippen molar-refractivity contribution in [2.45, 2.75) is 17.7 Å². The van der Waals surface area contributed by atoms with Gasteiger partial charge in [-0.2, -0.15) is 0 Å². The first-order valence-corrected chi connectivity index (χ1v) is 6.64. The Hall–Kier alpha value is -0.330. The van der Waals surface area contributed by atoms with E-state index in [2.05, 4.69) is 10.3 Å². The van der Waals surface area contributed by atoms with Crippen LogP contribution in [0.4, 0.5) is 5.00 Å². The fraction of sp³-hybridized carbons (Fsp3) is 0.571. The van der Waals surface area contributed by atoms with Gasteiger partial charge in [0.15, 0.2) is 0 Å². The molecule has 0 unspecified atom stereocenters. The fourth-order valence-corrected chi connectivity index (χ4v) is 2.45. The van der Waals surface area contributed by atoms with Crippen molar-refractivity contribution in [3.05, 3.63) is 6.20 Å². The number of halogens is 1. The van der Waals surface area contributed by atoms with E-state index < -0.39 is 9.84 Å². The maximum Gasteiger partial charge on any atom is 0.210 e. The second-order valence-corrected chi connectivity index (χ2v) is 5.91. The highest BCUT2D eigenvalue weighted by molar-refractivity contribution is 7.92. The van der Waals surface area contributed by atoms with E-state index in [-0.39, 0.29) is 16.7 Å². The van der Waals surface area contributed by atoms with E-state index >= 15 is 0 Å². The van der Waals surface area contributed by atoms with Gasteiger partial charge in [-0.3, -0.25) is 0 Å². The van der Waals surface area contributed by atoms with Crippen LogP contribution in [0.3, 0.4) is 0 Å². The van der Waals surface area contributed by atoms with Crippen molar-refractivity contribution in [2.24, 2.45) is 0 Å². The Bertz CT molecular complexity index is 375. The van der Waals surface area contributed by atoms with Gasteiger partial charge >= 0.3 is 0 Å². The lowest BCUT2D eigenvalue weighted by Gasteiger charge is -1.96. The number of hydrogen-bond acceptors (Lipinski definition) is 5. The summed E-state index contributed by atoms with van der Waals surface area (Å²) in [7, 11) is -3.14. The summed E-state index contributed by atoms with van der Waals surface area (Å²) in [6.45, 7) is 2.89. The molecule has 0 aromatic carbocycles. The predicted octanol–water partition coefficient (Wildman–Crippen LogP) is 1.79. The summed E-state index contributed by atoms with van der Waals surface area (Å²) in [5.74, 6) is 0. The molecule has 1 rings (SSSR count). The molecule has 4 nitrogen and oxygen atoms in total. The third kappa shape index (κ3) is 3.81. The Kier molecular flexibility index (Phi) is 5.40. The third-order valence-electron chi connectivity index (χ3n) is 1.35. The molecule has 7 heteroatoms. The smallest absolute Gasteiger partial charge is 0.210 e. The SMILES string of the molecule is CCCNc1cnc(S(C)(=O)=O)s1.Cl. The molecule has 0 radical (unpaired) electrons. The first kappa shape index (κ1) is 13.7.